The average molecular weight is 264 g/mol. The molecule has 0 aliphatic carbocycles. The first kappa shape index (κ1) is 15.9. The number of halogens is 1. The van der Waals surface area contributed by atoms with E-state index < -0.39 is 27.1 Å². The molecule has 0 aliphatic heterocycles. The third-order valence-electron chi connectivity index (χ3n) is 2.22. The first-order valence-corrected chi connectivity index (χ1v) is 6.76. The van der Waals surface area contributed by atoms with Crippen molar-refractivity contribution < 1.29 is 17.4 Å². The molecule has 0 saturated carbocycles. The van der Waals surface area contributed by atoms with Crippen molar-refractivity contribution in [3.05, 3.63) is 24.0 Å². The minimum absolute atomic E-state index is 0.182. The molecule has 0 saturated heterocycles. The lowest BCUT2D eigenvalue weighted by Crippen LogP contribution is -2.24. The molecule has 7 heteroatoms. The summed E-state index contributed by atoms with van der Waals surface area (Å²) in [6, 6.07) is 0. The lowest BCUT2D eigenvalue weighted by Gasteiger charge is -2.15. The molecule has 0 fully saturated rings. The molecule has 2 unspecified atom stereocenters. The van der Waals surface area contributed by atoms with Crippen molar-refractivity contribution in [2.45, 2.75) is 38.9 Å². The van der Waals surface area contributed by atoms with Crippen LogP contribution in [-0.2, 0) is 10.1 Å². The fourth-order valence-corrected chi connectivity index (χ4v) is 1.66. The molecule has 1 heterocycles. The molecular formula is C10H17FN2O3S. The summed E-state index contributed by atoms with van der Waals surface area (Å²) in [5.74, 6) is -1.01. The molecule has 1 aromatic rings. The third-order valence-corrected chi connectivity index (χ3v) is 3.57. The summed E-state index contributed by atoms with van der Waals surface area (Å²) in [4.78, 5) is 7.30. The Bertz CT molecular complexity index is 433. The highest BCUT2D eigenvalue weighted by atomic mass is 32.2. The van der Waals surface area contributed by atoms with Crippen molar-refractivity contribution in [1.82, 2.24) is 9.97 Å². The predicted molar refractivity (Wildman–Crippen MR) is 62.8 cm³/mol. The molecule has 2 atom stereocenters. The van der Waals surface area contributed by atoms with Crippen molar-refractivity contribution in [3.63, 3.8) is 0 Å². The van der Waals surface area contributed by atoms with Crippen LogP contribution in [0, 0.1) is 5.82 Å². The molecule has 1 rings (SSSR count). The van der Waals surface area contributed by atoms with Crippen molar-refractivity contribution in [1.29, 1.82) is 0 Å². The van der Waals surface area contributed by atoms with E-state index >= 15 is 0 Å². The van der Waals surface area contributed by atoms with Crippen LogP contribution < -0.4 is 0 Å². The van der Waals surface area contributed by atoms with Gasteiger partial charge in [0, 0.05) is 5.92 Å². The Morgan fingerprint density at radius 3 is 2.00 bits per heavy atom. The fourth-order valence-electron chi connectivity index (χ4n) is 1.03. The van der Waals surface area contributed by atoms with Gasteiger partial charge in [-0.15, -0.1) is 0 Å². The average Bonchev–Trinajstić information content (AvgIpc) is 2.29. The molecule has 0 aromatic carbocycles. The van der Waals surface area contributed by atoms with E-state index in [-0.39, 0.29) is 5.82 Å². The quantitative estimate of drug-likeness (QED) is 0.845. The Balaban J connectivity index is 0.00000121. The Morgan fingerprint density at radius 2 is 1.65 bits per heavy atom. The monoisotopic (exact) mass is 264 g/mol. The Kier molecular flexibility index (Phi) is 6.19. The first-order valence-electron chi connectivity index (χ1n) is 5.26. The minimum Gasteiger partial charge on any atom is -0.285 e. The number of aromatic nitrogens is 2. The standard InChI is InChI=1S/C8H11FN2O3S.C2H6/c1-5(6(2)15(12,13)14)8-10-3-7(9)4-11-8;1-2/h3-6H,1-2H3,(H,12,13,14);1-2H3. The van der Waals surface area contributed by atoms with E-state index in [1.54, 1.807) is 6.92 Å². The summed E-state index contributed by atoms with van der Waals surface area (Å²) in [6.07, 6.45) is 1.91. The highest BCUT2D eigenvalue weighted by Crippen LogP contribution is 2.19. The minimum atomic E-state index is -4.13. The van der Waals surface area contributed by atoms with Gasteiger partial charge in [0.15, 0.2) is 5.82 Å². The van der Waals surface area contributed by atoms with Crippen molar-refractivity contribution in [3.8, 4) is 0 Å². The smallest absolute Gasteiger partial charge is 0.268 e. The maximum atomic E-state index is 12.5. The van der Waals surface area contributed by atoms with Crippen molar-refractivity contribution in [2.24, 2.45) is 0 Å². The van der Waals surface area contributed by atoms with E-state index in [1.807, 2.05) is 13.8 Å². The summed E-state index contributed by atoms with van der Waals surface area (Å²) in [5.41, 5.74) is 0. The highest BCUT2D eigenvalue weighted by molar-refractivity contribution is 7.86. The summed E-state index contributed by atoms with van der Waals surface area (Å²) < 4.78 is 43.0. The first-order chi connectivity index (χ1) is 7.82. The zero-order valence-electron chi connectivity index (χ0n) is 10.3. The fraction of sp³-hybridized carbons (Fsp3) is 0.600. The van der Waals surface area contributed by atoms with Gasteiger partial charge in [-0.1, -0.05) is 20.8 Å². The van der Waals surface area contributed by atoms with Gasteiger partial charge < -0.3 is 0 Å². The molecule has 98 valence electrons. The van der Waals surface area contributed by atoms with Crippen LogP contribution in [0.15, 0.2) is 12.4 Å². The van der Waals surface area contributed by atoms with Crippen molar-refractivity contribution in [2.75, 3.05) is 0 Å². The second kappa shape index (κ2) is 6.61. The summed E-state index contributed by atoms with van der Waals surface area (Å²) in [6.45, 7) is 6.89. The zero-order chi connectivity index (χ0) is 13.6. The molecule has 0 amide bonds. The van der Waals surface area contributed by atoms with Gasteiger partial charge in [-0.2, -0.15) is 8.42 Å². The molecule has 0 bridgehead atoms. The van der Waals surface area contributed by atoms with Crippen LogP contribution in [0.2, 0.25) is 0 Å². The number of rotatable bonds is 3. The topological polar surface area (TPSA) is 80.2 Å². The molecule has 0 spiro atoms. The maximum Gasteiger partial charge on any atom is 0.268 e. The number of nitrogens with zero attached hydrogens (tertiary/aromatic N) is 2. The normalized spacial score (nSPS) is 14.5. The van der Waals surface area contributed by atoms with E-state index in [0.29, 0.717) is 0 Å². The van der Waals surface area contributed by atoms with Gasteiger partial charge in [0.05, 0.1) is 17.6 Å². The second-order valence-electron chi connectivity index (χ2n) is 3.27. The Hall–Kier alpha value is -1.08. The third kappa shape index (κ3) is 4.74. The van der Waals surface area contributed by atoms with Crippen LogP contribution in [0.25, 0.3) is 0 Å². The van der Waals surface area contributed by atoms with Crippen LogP contribution >= 0.6 is 0 Å². The second-order valence-corrected chi connectivity index (χ2v) is 5.04. The van der Waals surface area contributed by atoms with Crippen LogP contribution in [-0.4, -0.2) is 28.2 Å². The summed E-state index contributed by atoms with van der Waals surface area (Å²) in [7, 11) is -4.13. The van der Waals surface area contributed by atoms with Crippen molar-refractivity contribution >= 4 is 10.1 Å². The molecule has 0 radical (unpaired) electrons. The summed E-state index contributed by atoms with van der Waals surface area (Å²) in [5, 5.41) is -1.03. The Morgan fingerprint density at radius 1 is 1.24 bits per heavy atom. The van der Waals surface area contributed by atoms with Gasteiger partial charge in [-0.3, -0.25) is 4.55 Å². The lowest BCUT2D eigenvalue weighted by atomic mass is 10.1. The lowest BCUT2D eigenvalue weighted by molar-refractivity contribution is 0.458. The number of hydrogen-bond acceptors (Lipinski definition) is 4. The molecule has 17 heavy (non-hydrogen) atoms. The molecule has 1 N–H and O–H groups in total. The molecule has 5 nitrogen and oxygen atoms in total. The van der Waals surface area contributed by atoms with E-state index in [0.717, 1.165) is 12.4 Å². The predicted octanol–water partition coefficient (Wildman–Crippen LogP) is 2.02. The van der Waals surface area contributed by atoms with E-state index in [9.17, 15) is 12.8 Å². The van der Waals surface area contributed by atoms with E-state index in [2.05, 4.69) is 9.97 Å². The molecular weight excluding hydrogens is 247 g/mol. The summed E-state index contributed by atoms with van der Waals surface area (Å²) >= 11 is 0. The van der Waals surface area contributed by atoms with Gasteiger partial charge in [0.25, 0.3) is 10.1 Å². The zero-order valence-corrected chi connectivity index (χ0v) is 11.1. The molecule has 0 aliphatic rings. The molecule has 1 aromatic heterocycles. The van der Waals surface area contributed by atoms with Gasteiger partial charge >= 0.3 is 0 Å². The van der Waals surface area contributed by atoms with E-state index in [1.165, 1.54) is 6.92 Å². The van der Waals surface area contributed by atoms with Gasteiger partial charge in [-0.05, 0) is 6.92 Å². The SMILES string of the molecule is CC.CC(c1ncc(F)cn1)C(C)S(=O)(=O)O. The highest BCUT2D eigenvalue weighted by Gasteiger charge is 2.27. The largest absolute Gasteiger partial charge is 0.285 e. The van der Waals surface area contributed by atoms with Crippen LogP contribution in [0.5, 0.6) is 0 Å². The maximum absolute atomic E-state index is 12.5. The van der Waals surface area contributed by atoms with Crippen LogP contribution in [0.3, 0.4) is 0 Å². The van der Waals surface area contributed by atoms with Crippen LogP contribution in [0.4, 0.5) is 4.39 Å². The van der Waals surface area contributed by atoms with Gasteiger partial charge in [0.2, 0.25) is 0 Å². The van der Waals surface area contributed by atoms with Gasteiger partial charge in [-0.25, -0.2) is 14.4 Å². The number of hydrogen-bond donors (Lipinski definition) is 1. The Labute approximate surface area is 101 Å². The van der Waals surface area contributed by atoms with Gasteiger partial charge in [0.1, 0.15) is 5.82 Å². The van der Waals surface area contributed by atoms with E-state index in [4.69, 9.17) is 4.55 Å². The van der Waals surface area contributed by atoms with Crippen LogP contribution in [0.1, 0.15) is 39.4 Å².